The van der Waals surface area contributed by atoms with Gasteiger partial charge in [0.05, 0.1) is 17.6 Å². The highest BCUT2D eigenvalue weighted by Crippen LogP contribution is 2.31. The Balaban J connectivity index is 0.00000264. The van der Waals surface area contributed by atoms with Crippen LogP contribution in [-0.2, 0) is 14.8 Å². The number of aryl methyl sites for hydroxylation is 1. The second-order valence-electron chi connectivity index (χ2n) is 5.77. The van der Waals surface area contributed by atoms with Crippen molar-refractivity contribution in [2.45, 2.75) is 43.0 Å². The van der Waals surface area contributed by atoms with Crippen LogP contribution in [0.3, 0.4) is 0 Å². The van der Waals surface area contributed by atoms with Gasteiger partial charge in [-0.2, -0.15) is 0 Å². The maximum absolute atomic E-state index is 12.7. The average Bonchev–Trinajstić information content (AvgIpc) is 2.95. The summed E-state index contributed by atoms with van der Waals surface area (Å²) in [6.07, 6.45) is 3.39. The summed E-state index contributed by atoms with van der Waals surface area (Å²) in [5.74, 6) is -0.564. The van der Waals surface area contributed by atoms with E-state index in [9.17, 15) is 13.2 Å². The molecule has 0 saturated heterocycles. The van der Waals surface area contributed by atoms with Gasteiger partial charge in [-0.1, -0.05) is 18.9 Å². The number of methoxy groups -OCH3 is 1. The highest BCUT2D eigenvalue weighted by Gasteiger charge is 2.37. The van der Waals surface area contributed by atoms with E-state index in [4.69, 9.17) is 5.73 Å². The largest absolute Gasteiger partial charge is 0.465 e. The Kier molecular flexibility index (Phi) is 6.59. The van der Waals surface area contributed by atoms with Crippen molar-refractivity contribution in [2.75, 3.05) is 13.7 Å². The monoisotopic (exact) mass is 362 g/mol. The second-order valence-corrected chi connectivity index (χ2v) is 7.42. The number of esters is 1. The molecule has 1 saturated carbocycles. The summed E-state index contributed by atoms with van der Waals surface area (Å²) in [4.78, 5) is 11.7. The van der Waals surface area contributed by atoms with Gasteiger partial charge in [0.1, 0.15) is 0 Å². The molecule has 1 aliphatic carbocycles. The van der Waals surface area contributed by atoms with Crippen LogP contribution in [0, 0.1) is 6.92 Å². The van der Waals surface area contributed by atoms with Gasteiger partial charge in [0.2, 0.25) is 10.0 Å². The molecule has 0 aliphatic heterocycles. The number of hydrogen-bond donors (Lipinski definition) is 2. The quantitative estimate of drug-likeness (QED) is 0.777. The first kappa shape index (κ1) is 19.9. The highest BCUT2D eigenvalue weighted by molar-refractivity contribution is 7.89. The lowest BCUT2D eigenvalue weighted by Crippen LogP contribution is -2.51. The Labute approximate surface area is 143 Å². The van der Waals surface area contributed by atoms with Crippen LogP contribution in [0.4, 0.5) is 0 Å². The maximum atomic E-state index is 12.7. The normalized spacial score (nSPS) is 16.7. The van der Waals surface area contributed by atoms with Gasteiger partial charge < -0.3 is 10.5 Å². The summed E-state index contributed by atoms with van der Waals surface area (Å²) in [5.41, 5.74) is 6.00. The number of carbonyl (C=O) groups is 1. The SMILES string of the molecule is COC(=O)c1ccc(C)c(S(=O)(=O)NC2(CN)CCCC2)c1.Cl. The fraction of sp³-hybridized carbons (Fsp3) is 0.533. The lowest BCUT2D eigenvalue weighted by molar-refractivity contribution is 0.0600. The van der Waals surface area contributed by atoms with Gasteiger partial charge in [-0.15, -0.1) is 12.4 Å². The van der Waals surface area contributed by atoms with E-state index in [1.165, 1.54) is 13.2 Å². The molecule has 2 rings (SSSR count). The van der Waals surface area contributed by atoms with Crippen molar-refractivity contribution >= 4 is 28.4 Å². The van der Waals surface area contributed by atoms with E-state index in [0.717, 1.165) is 25.7 Å². The highest BCUT2D eigenvalue weighted by atomic mass is 35.5. The minimum Gasteiger partial charge on any atom is -0.465 e. The maximum Gasteiger partial charge on any atom is 0.337 e. The van der Waals surface area contributed by atoms with Crippen molar-refractivity contribution in [1.29, 1.82) is 0 Å². The summed E-state index contributed by atoms with van der Waals surface area (Å²) < 4.78 is 32.8. The molecular formula is C15H23ClN2O4S. The van der Waals surface area contributed by atoms with Gasteiger partial charge in [0.25, 0.3) is 0 Å². The molecule has 1 aromatic rings. The number of carbonyl (C=O) groups excluding carboxylic acids is 1. The molecule has 3 N–H and O–H groups in total. The van der Waals surface area contributed by atoms with Crippen LogP contribution in [0.5, 0.6) is 0 Å². The standard InChI is InChI=1S/C15H22N2O4S.ClH/c1-11-5-6-12(14(18)21-2)9-13(11)22(19,20)17-15(10-16)7-3-4-8-15;/h5-6,9,17H,3-4,7-8,10,16H2,1-2H3;1H. The van der Waals surface area contributed by atoms with E-state index in [-0.39, 0.29) is 29.4 Å². The van der Waals surface area contributed by atoms with Gasteiger partial charge in [0.15, 0.2) is 0 Å². The lowest BCUT2D eigenvalue weighted by atomic mass is 10.0. The van der Waals surface area contributed by atoms with E-state index in [2.05, 4.69) is 9.46 Å². The van der Waals surface area contributed by atoms with Crippen LogP contribution in [0.1, 0.15) is 41.6 Å². The molecule has 0 heterocycles. The van der Waals surface area contributed by atoms with Gasteiger partial charge in [-0.3, -0.25) is 0 Å². The Morgan fingerprint density at radius 3 is 2.48 bits per heavy atom. The number of halogens is 1. The van der Waals surface area contributed by atoms with Crippen molar-refractivity contribution in [1.82, 2.24) is 4.72 Å². The zero-order valence-electron chi connectivity index (χ0n) is 13.3. The fourth-order valence-electron chi connectivity index (χ4n) is 2.87. The molecule has 0 amide bonds. The van der Waals surface area contributed by atoms with Gasteiger partial charge in [0, 0.05) is 12.1 Å². The number of nitrogens with two attached hydrogens (primary N) is 1. The molecule has 0 aromatic heterocycles. The van der Waals surface area contributed by atoms with Crippen molar-refractivity contribution in [3.63, 3.8) is 0 Å². The molecule has 0 spiro atoms. The Morgan fingerprint density at radius 1 is 1.35 bits per heavy atom. The Hall–Kier alpha value is -1.15. The van der Waals surface area contributed by atoms with E-state index in [1.807, 2.05) is 0 Å². The van der Waals surface area contributed by atoms with E-state index >= 15 is 0 Å². The number of ether oxygens (including phenoxy) is 1. The van der Waals surface area contributed by atoms with E-state index in [1.54, 1.807) is 19.1 Å². The topological polar surface area (TPSA) is 98.5 Å². The predicted molar refractivity (Wildman–Crippen MR) is 90.3 cm³/mol. The summed E-state index contributed by atoms with van der Waals surface area (Å²) in [5, 5.41) is 0. The first-order chi connectivity index (χ1) is 10.3. The first-order valence-electron chi connectivity index (χ1n) is 7.27. The molecule has 0 atom stereocenters. The first-order valence-corrected chi connectivity index (χ1v) is 8.75. The Morgan fingerprint density at radius 2 is 1.96 bits per heavy atom. The Bertz CT molecular complexity index is 670. The van der Waals surface area contributed by atoms with Crippen LogP contribution < -0.4 is 10.5 Å². The summed E-state index contributed by atoms with van der Waals surface area (Å²) in [6, 6.07) is 4.50. The lowest BCUT2D eigenvalue weighted by Gasteiger charge is -2.28. The number of benzene rings is 1. The van der Waals surface area contributed by atoms with Crippen LogP contribution >= 0.6 is 12.4 Å². The molecule has 0 radical (unpaired) electrons. The van der Waals surface area contributed by atoms with Crippen LogP contribution in [0.25, 0.3) is 0 Å². The van der Waals surface area contributed by atoms with Crippen LogP contribution in [0.2, 0.25) is 0 Å². The molecule has 0 unspecified atom stereocenters. The third-order valence-electron chi connectivity index (χ3n) is 4.20. The molecule has 130 valence electrons. The van der Waals surface area contributed by atoms with Gasteiger partial charge in [-0.05, 0) is 37.5 Å². The second kappa shape index (κ2) is 7.61. The molecule has 1 aromatic carbocycles. The smallest absolute Gasteiger partial charge is 0.337 e. The number of hydrogen-bond acceptors (Lipinski definition) is 5. The van der Waals surface area contributed by atoms with Gasteiger partial charge >= 0.3 is 5.97 Å². The zero-order chi connectivity index (χ0) is 16.4. The van der Waals surface area contributed by atoms with Crippen LogP contribution in [-0.4, -0.2) is 33.6 Å². The van der Waals surface area contributed by atoms with Gasteiger partial charge in [-0.25, -0.2) is 17.9 Å². The number of nitrogens with one attached hydrogen (secondary N) is 1. The third-order valence-corrected chi connectivity index (χ3v) is 5.92. The number of rotatable bonds is 5. The average molecular weight is 363 g/mol. The molecule has 1 fully saturated rings. The van der Waals surface area contributed by atoms with Crippen LogP contribution in [0.15, 0.2) is 23.1 Å². The molecular weight excluding hydrogens is 340 g/mol. The molecule has 23 heavy (non-hydrogen) atoms. The number of sulfonamides is 1. The van der Waals surface area contributed by atoms with E-state index < -0.39 is 21.5 Å². The summed E-state index contributed by atoms with van der Waals surface area (Å²) in [7, 11) is -2.49. The minimum absolute atomic E-state index is 0. The van der Waals surface area contributed by atoms with Crippen molar-refractivity contribution in [3.8, 4) is 0 Å². The third kappa shape index (κ3) is 4.23. The predicted octanol–water partition coefficient (Wildman–Crippen LogP) is 1.75. The summed E-state index contributed by atoms with van der Waals surface area (Å²) in [6.45, 7) is 1.96. The zero-order valence-corrected chi connectivity index (χ0v) is 14.9. The van der Waals surface area contributed by atoms with Crippen molar-refractivity contribution in [2.24, 2.45) is 5.73 Å². The summed E-state index contributed by atoms with van der Waals surface area (Å²) >= 11 is 0. The van der Waals surface area contributed by atoms with E-state index in [0.29, 0.717) is 5.56 Å². The minimum atomic E-state index is -3.75. The molecule has 6 nitrogen and oxygen atoms in total. The van der Waals surface area contributed by atoms with Crippen molar-refractivity contribution < 1.29 is 17.9 Å². The molecule has 0 bridgehead atoms. The fourth-order valence-corrected chi connectivity index (χ4v) is 4.62. The molecule has 1 aliphatic rings. The van der Waals surface area contributed by atoms with Crippen molar-refractivity contribution in [3.05, 3.63) is 29.3 Å². The molecule has 8 heteroatoms.